The fourth-order valence-electron chi connectivity index (χ4n) is 1.81. The number of carbonyl (C=O) groups excluding carboxylic acids is 1. The van der Waals surface area contributed by atoms with Gasteiger partial charge >= 0.3 is 12.1 Å². The van der Waals surface area contributed by atoms with Gasteiger partial charge in [0.1, 0.15) is 0 Å². The van der Waals surface area contributed by atoms with E-state index in [0.29, 0.717) is 0 Å². The third-order valence-corrected chi connectivity index (χ3v) is 2.80. The maximum absolute atomic E-state index is 12.6. The number of rotatable bonds is 5. The van der Waals surface area contributed by atoms with E-state index in [2.05, 4.69) is 0 Å². The topological polar surface area (TPSA) is 52.3 Å². The largest absolute Gasteiger partial charge is 0.462 e. The minimum absolute atomic E-state index is 0.117. The molecule has 0 heterocycles. The molecule has 20 heavy (non-hydrogen) atoms. The first kappa shape index (κ1) is 16.3. The predicted molar refractivity (Wildman–Crippen MR) is 70.2 cm³/mol. The Hall–Kier alpha value is -1.72. The van der Waals surface area contributed by atoms with E-state index < -0.39 is 17.7 Å². The van der Waals surface area contributed by atoms with Crippen LogP contribution in [0.1, 0.15) is 42.6 Å². The molecule has 0 fully saturated rings. The second-order valence-corrected chi connectivity index (χ2v) is 4.83. The number of anilines is 1. The Balaban J connectivity index is 2.81. The van der Waals surface area contributed by atoms with E-state index in [1.807, 2.05) is 13.8 Å². The summed E-state index contributed by atoms with van der Waals surface area (Å²) in [6.45, 7) is 4.10. The first-order valence-electron chi connectivity index (χ1n) is 6.39. The van der Waals surface area contributed by atoms with Crippen molar-refractivity contribution in [1.82, 2.24) is 0 Å². The van der Waals surface area contributed by atoms with Crippen molar-refractivity contribution in [2.45, 2.75) is 32.9 Å². The molecule has 0 aliphatic rings. The van der Waals surface area contributed by atoms with Gasteiger partial charge < -0.3 is 10.5 Å². The van der Waals surface area contributed by atoms with Gasteiger partial charge in [0, 0.05) is 5.69 Å². The number of nitrogens with two attached hydrogens (primary N) is 1. The van der Waals surface area contributed by atoms with Crippen LogP contribution in [0.25, 0.3) is 0 Å². The number of nitrogen functional groups attached to an aromatic ring is 1. The molecule has 0 saturated carbocycles. The summed E-state index contributed by atoms with van der Waals surface area (Å²) in [5.74, 6) is -0.613. The van der Waals surface area contributed by atoms with Crippen LogP contribution >= 0.6 is 0 Å². The smallest absolute Gasteiger partial charge is 0.416 e. The molecule has 0 saturated heterocycles. The number of carbonyl (C=O) groups is 1. The third-order valence-electron chi connectivity index (χ3n) is 2.80. The summed E-state index contributed by atoms with van der Waals surface area (Å²) in [6, 6.07) is 2.72. The highest BCUT2D eigenvalue weighted by molar-refractivity contribution is 5.90. The van der Waals surface area contributed by atoms with Crippen molar-refractivity contribution in [2.75, 3.05) is 12.3 Å². The van der Waals surface area contributed by atoms with Crippen LogP contribution in [-0.4, -0.2) is 12.6 Å². The number of hydrogen-bond donors (Lipinski definition) is 1. The average molecular weight is 289 g/mol. The predicted octanol–water partition coefficient (Wildman–Crippen LogP) is 3.88. The molecule has 6 heteroatoms. The molecule has 0 spiro atoms. The Morgan fingerprint density at radius 1 is 1.35 bits per heavy atom. The molecule has 0 aliphatic carbocycles. The summed E-state index contributed by atoms with van der Waals surface area (Å²) in [7, 11) is 0. The number of benzene rings is 1. The van der Waals surface area contributed by atoms with Gasteiger partial charge in [-0.05, 0) is 30.5 Å². The lowest BCUT2D eigenvalue weighted by Gasteiger charge is -2.13. The fraction of sp³-hybridized carbons (Fsp3) is 0.500. The van der Waals surface area contributed by atoms with Crippen LogP contribution in [-0.2, 0) is 10.9 Å². The molecule has 0 amide bonds. The van der Waals surface area contributed by atoms with Crippen molar-refractivity contribution in [1.29, 1.82) is 0 Å². The number of halogens is 3. The van der Waals surface area contributed by atoms with Gasteiger partial charge in [0.15, 0.2) is 0 Å². The zero-order chi connectivity index (χ0) is 15.3. The Morgan fingerprint density at radius 3 is 2.55 bits per heavy atom. The minimum atomic E-state index is -4.54. The van der Waals surface area contributed by atoms with Gasteiger partial charge in [0.05, 0.1) is 17.7 Å². The van der Waals surface area contributed by atoms with Crippen molar-refractivity contribution >= 4 is 11.7 Å². The lowest BCUT2D eigenvalue weighted by atomic mass is 10.1. The zero-order valence-electron chi connectivity index (χ0n) is 11.5. The standard InChI is InChI=1S/C14H18F3NO2/c1-3-4-9(2)8-20-13(19)10-5-11(14(15,16)17)7-12(18)6-10/h5-7,9H,3-4,8,18H2,1-2H3. The Bertz CT molecular complexity index is 472. The van der Waals surface area contributed by atoms with E-state index in [9.17, 15) is 18.0 Å². The fourth-order valence-corrected chi connectivity index (χ4v) is 1.81. The number of hydrogen-bond acceptors (Lipinski definition) is 3. The van der Waals surface area contributed by atoms with Crippen LogP contribution in [0.15, 0.2) is 18.2 Å². The SMILES string of the molecule is CCCC(C)COC(=O)c1cc(N)cc(C(F)(F)F)c1. The highest BCUT2D eigenvalue weighted by Crippen LogP contribution is 2.31. The highest BCUT2D eigenvalue weighted by Gasteiger charge is 2.31. The Kier molecular flexibility index (Phi) is 5.42. The molecular formula is C14H18F3NO2. The van der Waals surface area contributed by atoms with E-state index in [1.54, 1.807) is 0 Å². The van der Waals surface area contributed by atoms with Crippen LogP contribution in [0.4, 0.5) is 18.9 Å². The lowest BCUT2D eigenvalue weighted by molar-refractivity contribution is -0.137. The number of esters is 1. The van der Waals surface area contributed by atoms with Gasteiger partial charge in [0.2, 0.25) is 0 Å². The second-order valence-electron chi connectivity index (χ2n) is 4.83. The van der Waals surface area contributed by atoms with Gasteiger partial charge in [-0.25, -0.2) is 4.79 Å². The first-order chi connectivity index (χ1) is 9.24. The molecule has 1 unspecified atom stereocenters. The molecule has 1 atom stereocenters. The first-order valence-corrected chi connectivity index (χ1v) is 6.39. The lowest BCUT2D eigenvalue weighted by Crippen LogP contribution is -2.14. The normalized spacial score (nSPS) is 13.1. The van der Waals surface area contributed by atoms with Gasteiger partial charge in [-0.2, -0.15) is 13.2 Å². The molecule has 1 rings (SSSR count). The Labute approximate surface area is 115 Å². The van der Waals surface area contributed by atoms with E-state index in [0.717, 1.165) is 25.0 Å². The van der Waals surface area contributed by atoms with Crippen molar-refractivity contribution in [3.63, 3.8) is 0 Å². The second kappa shape index (κ2) is 6.63. The number of ether oxygens (including phenoxy) is 1. The van der Waals surface area contributed by atoms with E-state index in [1.165, 1.54) is 6.07 Å². The van der Waals surface area contributed by atoms with Crippen molar-refractivity contribution in [3.8, 4) is 0 Å². The van der Waals surface area contributed by atoms with Gasteiger partial charge in [0.25, 0.3) is 0 Å². The van der Waals surface area contributed by atoms with Crippen LogP contribution in [0.3, 0.4) is 0 Å². The van der Waals surface area contributed by atoms with Gasteiger partial charge in [-0.3, -0.25) is 0 Å². The molecule has 112 valence electrons. The quantitative estimate of drug-likeness (QED) is 0.661. The molecule has 2 N–H and O–H groups in total. The monoisotopic (exact) mass is 289 g/mol. The maximum atomic E-state index is 12.6. The van der Waals surface area contributed by atoms with Gasteiger partial charge in [-0.15, -0.1) is 0 Å². The summed E-state index contributed by atoms with van der Waals surface area (Å²) in [4.78, 5) is 11.7. The van der Waals surface area contributed by atoms with E-state index in [4.69, 9.17) is 10.5 Å². The average Bonchev–Trinajstić information content (AvgIpc) is 2.34. The van der Waals surface area contributed by atoms with E-state index in [-0.39, 0.29) is 23.8 Å². The molecule has 1 aromatic rings. The highest BCUT2D eigenvalue weighted by atomic mass is 19.4. The molecule has 0 radical (unpaired) electrons. The third kappa shape index (κ3) is 4.75. The maximum Gasteiger partial charge on any atom is 0.416 e. The summed E-state index contributed by atoms with van der Waals surface area (Å²) in [5, 5.41) is 0. The molecule has 0 aromatic heterocycles. The van der Waals surface area contributed by atoms with Crippen molar-refractivity contribution < 1.29 is 22.7 Å². The Morgan fingerprint density at radius 2 is 2.00 bits per heavy atom. The van der Waals surface area contributed by atoms with Crippen LogP contribution < -0.4 is 5.73 Å². The molecule has 3 nitrogen and oxygen atoms in total. The van der Waals surface area contributed by atoms with Crippen LogP contribution in [0, 0.1) is 5.92 Å². The number of alkyl halides is 3. The van der Waals surface area contributed by atoms with Gasteiger partial charge in [-0.1, -0.05) is 20.3 Å². The molecule has 0 aliphatic heterocycles. The zero-order valence-corrected chi connectivity index (χ0v) is 11.5. The van der Waals surface area contributed by atoms with E-state index >= 15 is 0 Å². The summed E-state index contributed by atoms with van der Waals surface area (Å²) >= 11 is 0. The summed E-state index contributed by atoms with van der Waals surface area (Å²) in [6.07, 6.45) is -2.70. The summed E-state index contributed by atoms with van der Waals surface area (Å²) in [5.41, 5.74) is 4.14. The van der Waals surface area contributed by atoms with Crippen LogP contribution in [0.2, 0.25) is 0 Å². The van der Waals surface area contributed by atoms with Crippen molar-refractivity contribution in [2.24, 2.45) is 5.92 Å². The molecule has 1 aromatic carbocycles. The molecule has 0 bridgehead atoms. The van der Waals surface area contributed by atoms with Crippen molar-refractivity contribution in [3.05, 3.63) is 29.3 Å². The summed E-state index contributed by atoms with van der Waals surface area (Å²) < 4.78 is 42.9. The minimum Gasteiger partial charge on any atom is -0.462 e. The van der Waals surface area contributed by atoms with Crippen LogP contribution in [0.5, 0.6) is 0 Å². The molecular weight excluding hydrogens is 271 g/mol.